The number of hydrogen-bond donors (Lipinski definition) is 0. The van der Waals surface area contributed by atoms with Gasteiger partial charge in [0.05, 0.1) is 11.5 Å². The number of allylic oxidation sites excluding steroid dienone is 2. The highest BCUT2D eigenvalue weighted by Crippen LogP contribution is 2.72. The third-order valence-electron chi connectivity index (χ3n) is 8.96. The Bertz CT molecular complexity index is 588. The topological polar surface area (TPSA) is 9.23 Å². The van der Waals surface area contributed by atoms with Crippen molar-refractivity contribution in [3.63, 3.8) is 0 Å². The quantitative estimate of drug-likeness (QED) is 0.321. The molecule has 3 fully saturated rings. The van der Waals surface area contributed by atoms with Gasteiger partial charge in [-0.15, -0.1) is 11.6 Å². The van der Waals surface area contributed by atoms with Crippen LogP contribution >= 0.6 is 23.2 Å². The molecule has 4 bridgehead atoms. The molecule has 0 radical (unpaired) electrons. The first-order valence-electron chi connectivity index (χ1n) is 11.4. The van der Waals surface area contributed by atoms with Crippen LogP contribution in [-0.4, -0.2) is 19.8 Å². The monoisotopic (exact) mass is 428 g/mol. The summed E-state index contributed by atoms with van der Waals surface area (Å²) in [6.07, 6.45) is 9.42. The van der Waals surface area contributed by atoms with Crippen molar-refractivity contribution in [3.8, 4) is 0 Å². The van der Waals surface area contributed by atoms with Crippen LogP contribution in [-0.2, 0) is 4.43 Å². The van der Waals surface area contributed by atoms with Crippen molar-refractivity contribution in [2.75, 3.05) is 0 Å². The minimum atomic E-state index is -1.89. The standard InChI is InChI=1S/C23H38Cl2OSi/c1-13(2)27(14(3)4,15(5)6)26-22-16-8-7-9-17(22)20-21(25)19(24)12-18(16)23(20)10-11-23/h12-18,20-22H,7-11H2,1-6H3/t16-,17+,18-,20-,21+,22+/m1/s1. The molecule has 27 heavy (non-hydrogen) atoms. The van der Waals surface area contributed by atoms with Crippen LogP contribution in [0.15, 0.2) is 11.1 Å². The van der Waals surface area contributed by atoms with Crippen molar-refractivity contribution < 1.29 is 4.43 Å². The van der Waals surface area contributed by atoms with E-state index in [0.717, 1.165) is 5.03 Å². The number of alkyl halides is 1. The molecule has 0 aromatic heterocycles. The first-order valence-corrected chi connectivity index (χ1v) is 14.3. The Morgan fingerprint density at radius 1 is 1.00 bits per heavy atom. The van der Waals surface area contributed by atoms with E-state index in [1.54, 1.807) is 0 Å². The summed E-state index contributed by atoms with van der Waals surface area (Å²) in [4.78, 5) is 0. The van der Waals surface area contributed by atoms with E-state index in [4.69, 9.17) is 27.6 Å². The lowest BCUT2D eigenvalue weighted by Crippen LogP contribution is -2.62. The zero-order valence-electron chi connectivity index (χ0n) is 18.0. The van der Waals surface area contributed by atoms with Gasteiger partial charge in [0.1, 0.15) is 0 Å². The summed E-state index contributed by atoms with van der Waals surface area (Å²) in [5.74, 6) is 2.39. The van der Waals surface area contributed by atoms with Crippen molar-refractivity contribution in [2.24, 2.45) is 29.1 Å². The molecular weight excluding hydrogens is 391 g/mol. The second-order valence-electron chi connectivity index (χ2n) is 10.9. The van der Waals surface area contributed by atoms with Crippen molar-refractivity contribution in [3.05, 3.63) is 11.1 Å². The summed E-state index contributed by atoms with van der Waals surface area (Å²) in [6.45, 7) is 14.5. The Hall–Kier alpha value is 0.497. The molecule has 6 atom stereocenters. The first kappa shape index (κ1) is 20.8. The van der Waals surface area contributed by atoms with Crippen LogP contribution in [0.2, 0.25) is 16.6 Å². The lowest BCUT2D eigenvalue weighted by molar-refractivity contribution is -0.101. The zero-order chi connectivity index (χ0) is 19.7. The van der Waals surface area contributed by atoms with Gasteiger partial charge in [-0.05, 0) is 71.4 Å². The van der Waals surface area contributed by atoms with Crippen LogP contribution in [0, 0.1) is 29.1 Å². The molecule has 4 aliphatic rings. The maximum absolute atomic E-state index is 7.48. The van der Waals surface area contributed by atoms with E-state index >= 15 is 0 Å². The maximum Gasteiger partial charge on any atom is 0.200 e. The molecular formula is C23H38Cl2OSi. The Kier molecular flexibility index (Phi) is 5.41. The van der Waals surface area contributed by atoms with Crippen LogP contribution in [0.1, 0.15) is 73.6 Å². The predicted molar refractivity (Wildman–Crippen MR) is 119 cm³/mol. The van der Waals surface area contributed by atoms with Crippen molar-refractivity contribution in [1.82, 2.24) is 0 Å². The first-order chi connectivity index (χ1) is 12.7. The summed E-state index contributed by atoms with van der Waals surface area (Å²) >= 11 is 13.6. The largest absolute Gasteiger partial charge is 0.413 e. The van der Waals surface area contributed by atoms with Gasteiger partial charge in [-0.25, -0.2) is 0 Å². The summed E-state index contributed by atoms with van der Waals surface area (Å²) in [5, 5.41) is 0.938. The van der Waals surface area contributed by atoms with Crippen molar-refractivity contribution >= 4 is 31.5 Å². The predicted octanol–water partition coefficient (Wildman–Crippen LogP) is 7.73. The van der Waals surface area contributed by atoms with Crippen LogP contribution in [0.25, 0.3) is 0 Å². The van der Waals surface area contributed by atoms with Crippen molar-refractivity contribution in [2.45, 2.75) is 102 Å². The molecule has 0 saturated heterocycles. The maximum atomic E-state index is 7.48. The van der Waals surface area contributed by atoms with E-state index in [-0.39, 0.29) is 5.38 Å². The molecule has 154 valence electrons. The Balaban J connectivity index is 1.74. The fourth-order valence-corrected chi connectivity index (χ4v) is 14.4. The average Bonchev–Trinajstić information content (AvgIpc) is 3.36. The molecule has 1 spiro atoms. The fraction of sp³-hybridized carbons (Fsp3) is 0.913. The van der Waals surface area contributed by atoms with Crippen LogP contribution < -0.4 is 0 Å². The van der Waals surface area contributed by atoms with Crippen molar-refractivity contribution in [1.29, 1.82) is 0 Å². The van der Waals surface area contributed by atoms with Gasteiger partial charge in [0.2, 0.25) is 8.32 Å². The number of rotatable bonds is 5. The van der Waals surface area contributed by atoms with Crippen LogP contribution in [0.4, 0.5) is 0 Å². The number of fused-ring (bicyclic) bond motifs is 4. The summed E-state index contributed by atoms with van der Waals surface area (Å²) in [6, 6.07) is 0. The van der Waals surface area contributed by atoms with Gasteiger partial charge in [-0.1, -0.05) is 65.6 Å². The minimum Gasteiger partial charge on any atom is -0.413 e. The normalized spacial score (nSPS) is 40.0. The van der Waals surface area contributed by atoms with Gasteiger partial charge >= 0.3 is 0 Å². The summed E-state index contributed by atoms with van der Waals surface area (Å²) < 4.78 is 7.48. The molecule has 1 nitrogen and oxygen atoms in total. The van der Waals surface area contributed by atoms with Gasteiger partial charge in [-0.3, -0.25) is 0 Å². The molecule has 0 unspecified atom stereocenters. The molecule has 0 amide bonds. The van der Waals surface area contributed by atoms with E-state index < -0.39 is 8.32 Å². The molecule has 3 saturated carbocycles. The van der Waals surface area contributed by atoms with Gasteiger partial charge in [0.25, 0.3) is 0 Å². The Morgan fingerprint density at radius 3 is 2.07 bits per heavy atom. The highest BCUT2D eigenvalue weighted by Gasteiger charge is 2.68. The average molecular weight is 430 g/mol. The third-order valence-corrected chi connectivity index (χ3v) is 16.0. The summed E-state index contributed by atoms with van der Waals surface area (Å²) in [5.41, 5.74) is 2.38. The Morgan fingerprint density at radius 2 is 1.56 bits per heavy atom. The highest BCUT2D eigenvalue weighted by atomic mass is 35.5. The third kappa shape index (κ3) is 2.87. The molecule has 0 aromatic rings. The van der Waals surface area contributed by atoms with E-state index in [1.807, 2.05) is 0 Å². The molecule has 0 N–H and O–H groups in total. The van der Waals surface area contributed by atoms with E-state index in [0.29, 0.717) is 51.8 Å². The lowest BCUT2D eigenvalue weighted by atomic mass is 9.51. The highest BCUT2D eigenvalue weighted by molar-refractivity contribution is 6.77. The van der Waals surface area contributed by atoms with Crippen LogP contribution in [0.3, 0.4) is 0 Å². The molecule has 0 aliphatic heterocycles. The van der Waals surface area contributed by atoms with Gasteiger partial charge in [-0.2, -0.15) is 0 Å². The Labute approximate surface area is 177 Å². The van der Waals surface area contributed by atoms with E-state index in [2.05, 4.69) is 47.6 Å². The second kappa shape index (κ2) is 7.03. The lowest BCUT2D eigenvalue weighted by Gasteiger charge is -2.60. The SMILES string of the molecule is CC(C)[Si](O[C@@H]1[C@H]2CCC[C@@H]1[C@H]1C=C(Cl)[C@H](Cl)[C@@H]2C12CC2)(C(C)C)C(C)C. The van der Waals surface area contributed by atoms with E-state index in [9.17, 15) is 0 Å². The minimum absolute atomic E-state index is 0.00813. The number of hydrogen-bond acceptors (Lipinski definition) is 1. The van der Waals surface area contributed by atoms with Crippen LogP contribution in [0.5, 0.6) is 0 Å². The summed E-state index contributed by atoms with van der Waals surface area (Å²) in [7, 11) is -1.89. The molecule has 0 aromatic carbocycles. The fourth-order valence-electron chi connectivity index (χ4n) is 7.94. The number of halogens is 2. The smallest absolute Gasteiger partial charge is 0.200 e. The molecule has 4 heteroatoms. The van der Waals surface area contributed by atoms with E-state index in [1.165, 1.54) is 32.1 Å². The second-order valence-corrected chi connectivity index (χ2v) is 17.2. The van der Waals surface area contributed by atoms with Gasteiger partial charge in [0.15, 0.2) is 0 Å². The molecule has 4 aliphatic carbocycles. The zero-order valence-corrected chi connectivity index (χ0v) is 20.5. The molecule has 4 rings (SSSR count). The van der Waals surface area contributed by atoms with Gasteiger partial charge in [0, 0.05) is 5.03 Å². The molecule has 0 heterocycles. The van der Waals surface area contributed by atoms with Gasteiger partial charge < -0.3 is 4.43 Å².